The lowest BCUT2D eigenvalue weighted by atomic mass is 9.92. The maximum Gasteiger partial charge on any atom is 0.337 e. The van der Waals surface area contributed by atoms with Gasteiger partial charge in [0.15, 0.2) is 5.79 Å². The fraction of sp³-hybridized carbons (Fsp3) is 0.700. The zero-order valence-electron chi connectivity index (χ0n) is 8.62. The molecule has 0 aromatic carbocycles. The van der Waals surface area contributed by atoms with Crippen molar-refractivity contribution >= 4 is 5.97 Å². The van der Waals surface area contributed by atoms with Crippen molar-refractivity contribution in [3.05, 3.63) is 11.3 Å². The Bertz CT molecular complexity index is 301. The number of carbonyl (C=O) groups is 1. The predicted octanol–water partition coefficient (Wildman–Crippen LogP) is 0.898. The fourth-order valence-electron chi connectivity index (χ4n) is 2.00. The largest absolute Gasteiger partial charge is 0.512 e. The standard InChI is InChI=1S/C10H14O5/c1-13-9(12)7-2-3-10(6-8(7)11)14-4-5-15-10/h11H,2-6H2,1H3. The summed E-state index contributed by atoms with van der Waals surface area (Å²) in [6.45, 7) is 1.08. The van der Waals surface area contributed by atoms with Crippen LogP contribution in [0.5, 0.6) is 0 Å². The molecule has 1 aliphatic heterocycles. The molecule has 2 rings (SSSR count). The van der Waals surface area contributed by atoms with E-state index in [0.29, 0.717) is 31.6 Å². The maximum atomic E-state index is 11.3. The molecule has 1 saturated heterocycles. The third-order valence-electron chi connectivity index (χ3n) is 2.79. The van der Waals surface area contributed by atoms with Gasteiger partial charge in [-0.05, 0) is 6.42 Å². The molecule has 1 N–H and O–H groups in total. The summed E-state index contributed by atoms with van der Waals surface area (Å²) < 4.78 is 15.5. The summed E-state index contributed by atoms with van der Waals surface area (Å²) in [4.78, 5) is 11.3. The Hall–Kier alpha value is -1.07. The van der Waals surface area contributed by atoms with Gasteiger partial charge in [0.2, 0.25) is 0 Å². The molecule has 5 heteroatoms. The van der Waals surface area contributed by atoms with E-state index in [1.807, 2.05) is 0 Å². The second-order valence-electron chi connectivity index (χ2n) is 3.70. The van der Waals surface area contributed by atoms with E-state index >= 15 is 0 Å². The van der Waals surface area contributed by atoms with E-state index < -0.39 is 11.8 Å². The van der Waals surface area contributed by atoms with Crippen LogP contribution in [-0.4, -0.2) is 37.2 Å². The molecule has 1 aliphatic carbocycles. The molecule has 84 valence electrons. The van der Waals surface area contributed by atoms with E-state index in [9.17, 15) is 9.90 Å². The normalized spacial score (nSPS) is 24.6. The van der Waals surface area contributed by atoms with Crippen LogP contribution in [0.1, 0.15) is 19.3 Å². The summed E-state index contributed by atoms with van der Waals surface area (Å²) in [5, 5.41) is 9.71. The first kappa shape index (κ1) is 10.4. The third-order valence-corrected chi connectivity index (χ3v) is 2.79. The summed E-state index contributed by atoms with van der Waals surface area (Å²) in [5.41, 5.74) is 0.335. The number of methoxy groups -OCH3 is 1. The summed E-state index contributed by atoms with van der Waals surface area (Å²) >= 11 is 0. The van der Waals surface area contributed by atoms with Crippen molar-refractivity contribution in [3.8, 4) is 0 Å². The first-order valence-corrected chi connectivity index (χ1v) is 4.94. The summed E-state index contributed by atoms with van der Waals surface area (Å²) in [6, 6.07) is 0. The van der Waals surface area contributed by atoms with Crippen LogP contribution in [0.2, 0.25) is 0 Å². The summed E-state index contributed by atoms with van der Waals surface area (Å²) in [7, 11) is 1.30. The van der Waals surface area contributed by atoms with Gasteiger partial charge in [0.05, 0.1) is 32.3 Å². The molecule has 0 saturated carbocycles. The highest BCUT2D eigenvalue weighted by Gasteiger charge is 2.42. The molecular weight excluding hydrogens is 200 g/mol. The number of hydrogen-bond acceptors (Lipinski definition) is 5. The van der Waals surface area contributed by atoms with E-state index in [4.69, 9.17) is 9.47 Å². The Morgan fingerprint density at radius 3 is 2.67 bits per heavy atom. The minimum atomic E-state index is -0.707. The summed E-state index contributed by atoms with van der Waals surface area (Å²) in [6.07, 6.45) is 1.25. The van der Waals surface area contributed by atoms with E-state index in [1.54, 1.807) is 0 Å². The Balaban J connectivity index is 2.14. The van der Waals surface area contributed by atoms with Crippen molar-refractivity contribution in [2.75, 3.05) is 20.3 Å². The Morgan fingerprint density at radius 1 is 1.47 bits per heavy atom. The lowest BCUT2D eigenvalue weighted by Crippen LogP contribution is -2.35. The van der Waals surface area contributed by atoms with E-state index in [-0.39, 0.29) is 12.2 Å². The molecule has 2 aliphatic rings. The molecule has 1 fully saturated rings. The quantitative estimate of drug-likeness (QED) is 0.657. The molecule has 0 aromatic heterocycles. The van der Waals surface area contributed by atoms with Gasteiger partial charge in [0.1, 0.15) is 5.76 Å². The zero-order valence-corrected chi connectivity index (χ0v) is 8.62. The first-order valence-electron chi connectivity index (χ1n) is 4.94. The fourth-order valence-corrected chi connectivity index (χ4v) is 2.00. The number of hydrogen-bond donors (Lipinski definition) is 1. The minimum absolute atomic E-state index is 0.0231. The number of aliphatic hydroxyl groups is 1. The van der Waals surface area contributed by atoms with Gasteiger partial charge >= 0.3 is 5.97 Å². The number of carbonyl (C=O) groups excluding carboxylic acids is 1. The first-order chi connectivity index (χ1) is 7.17. The van der Waals surface area contributed by atoms with E-state index in [2.05, 4.69) is 4.74 Å². The Kier molecular flexibility index (Phi) is 2.67. The number of esters is 1. The van der Waals surface area contributed by atoms with Crippen LogP contribution < -0.4 is 0 Å². The molecule has 1 spiro atoms. The van der Waals surface area contributed by atoms with Gasteiger partial charge in [-0.2, -0.15) is 0 Å². The molecule has 15 heavy (non-hydrogen) atoms. The predicted molar refractivity (Wildman–Crippen MR) is 50.2 cm³/mol. The lowest BCUT2D eigenvalue weighted by molar-refractivity contribution is -0.169. The molecule has 0 unspecified atom stereocenters. The van der Waals surface area contributed by atoms with Gasteiger partial charge in [-0.15, -0.1) is 0 Å². The highest BCUT2D eigenvalue weighted by atomic mass is 16.7. The Labute approximate surface area is 87.6 Å². The van der Waals surface area contributed by atoms with Crippen LogP contribution >= 0.6 is 0 Å². The molecule has 0 bridgehead atoms. The van der Waals surface area contributed by atoms with Crippen molar-refractivity contribution < 1.29 is 24.1 Å². The van der Waals surface area contributed by atoms with Crippen molar-refractivity contribution in [3.63, 3.8) is 0 Å². The minimum Gasteiger partial charge on any atom is -0.512 e. The number of ether oxygens (including phenoxy) is 3. The average Bonchev–Trinajstić information content (AvgIpc) is 2.65. The van der Waals surface area contributed by atoms with Crippen molar-refractivity contribution in [2.24, 2.45) is 0 Å². The molecule has 0 radical (unpaired) electrons. The van der Waals surface area contributed by atoms with E-state index in [0.717, 1.165) is 0 Å². The SMILES string of the molecule is COC(=O)C1=C(O)CC2(CC1)OCCO2. The topological polar surface area (TPSA) is 65.0 Å². The molecule has 5 nitrogen and oxygen atoms in total. The lowest BCUT2D eigenvalue weighted by Gasteiger charge is -2.31. The van der Waals surface area contributed by atoms with Crippen LogP contribution in [0.3, 0.4) is 0 Å². The van der Waals surface area contributed by atoms with Crippen LogP contribution in [0, 0.1) is 0 Å². The average molecular weight is 214 g/mol. The van der Waals surface area contributed by atoms with Crippen molar-refractivity contribution in [1.82, 2.24) is 0 Å². The zero-order chi connectivity index (χ0) is 10.9. The monoisotopic (exact) mass is 214 g/mol. The van der Waals surface area contributed by atoms with Crippen molar-refractivity contribution in [2.45, 2.75) is 25.0 Å². The number of aliphatic hydroxyl groups excluding tert-OH is 1. The van der Waals surface area contributed by atoms with Gasteiger partial charge in [0, 0.05) is 6.42 Å². The van der Waals surface area contributed by atoms with Gasteiger partial charge < -0.3 is 19.3 Å². The highest BCUT2D eigenvalue weighted by Crippen LogP contribution is 2.38. The molecular formula is C10H14O5. The second kappa shape index (κ2) is 3.83. The molecule has 0 amide bonds. The number of rotatable bonds is 1. The van der Waals surface area contributed by atoms with Crippen molar-refractivity contribution in [1.29, 1.82) is 0 Å². The van der Waals surface area contributed by atoms with E-state index in [1.165, 1.54) is 7.11 Å². The summed E-state index contributed by atoms with van der Waals surface area (Å²) in [5.74, 6) is -1.16. The molecule has 1 heterocycles. The molecule has 0 atom stereocenters. The highest BCUT2D eigenvalue weighted by molar-refractivity contribution is 5.89. The van der Waals surface area contributed by atoms with Crippen LogP contribution in [0.15, 0.2) is 11.3 Å². The Morgan fingerprint density at radius 2 is 2.13 bits per heavy atom. The van der Waals surface area contributed by atoms with Gasteiger partial charge in [-0.3, -0.25) is 0 Å². The van der Waals surface area contributed by atoms with Gasteiger partial charge in [-0.1, -0.05) is 0 Å². The smallest absolute Gasteiger partial charge is 0.337 e. The van der Waals surface area contributed by atoms with Gasteiger partial charge in [0.25, 0.3) is 0 Å². The van der Waals surface area contributed by atoms with Crippen LogP contribution in [0.4, 0.5) is 0 Å². The third kappa shape index (κ3) is 1.85. The van der Waals surface area contributed by atoms with Crippen LogP contribution in [-0.2, 0) is 19.0 Å². The van der Waals surface area contributed by atoms with Crippen LogP contribution in [0.25, 0.3) is 0 Å². The van der Waals surface area contributed by atoms with Gasteiger partial charge in [-0.25, -0.2) is 4.79 Å². The maximum absolute atomic E-state index is 11.3. The second-order valence-corrected chi connectivity index (χ2v) is 3.70. The molecule has 0 aromatic rings.